The van der Waals surface area contributed by atoms with Crippen molar-refractivity contribution in [3.8, 4) is 0 Å². The number of aldehydes is 1. The Morgan fingerprint density at radius 1 is 1.32 bits per heavy atom. The average Bonchev–Trinajstić information content (AvgIpc) is 2.34. The molecule has 19 heavy (non-hydrogen) atoms. The van der Waals surface area contributed by atoms with Gasteiger partial charge in [0.15, 0.2) is 6.29 Å². The lowest BCUT2D eigenvalue weighted by atomic mass is 10.0. The van der Waals surface area contributed by atoms with Crippen molar-refractivity contribution in [2.24, 2.45) is 0 Å². The van der Waals surface area contributed by atoms with E-state index in [1.807, 2.05) is 0 Å². The fourth-order valence-electron chi connectivity index (χ4n) is 1.54. The third kappa shape index (κ3) is 5.09. The quantitative estimate of drug-likeness (QED) is 0.814. The molecule has 0 aliphatic rings. The molecule has 1 aromatic carbocycles. The van der Waals surface area contributed by atoms with Crippen molar-refractivity contribution in [2.45, 2.75) is 38.5 Å². The fourth-order valence-corrected chi connectivity index (χ4v) is 1.54. The molecule has 0 spiro atoms. The van der Waals surface area contributed by atoms with Crippen LogP contribution < -0.4 is 5.32 Å². The van der Waals surface area contributed by atoms with Crippen LogP contribution in [0, 0.1) is 0 Å². The molecule has 5 nitrogen and oxygen atoms in total. The minimum atomic E-state index is -1.32. The molecule has 0 radical (unpaired) electrons. The number of hydrogen-bond donors (Lipinski definition) is 2. The monoisotopic (exact) mass is 265 g/mol. The summed E-state index contributed by atoms with van der Waals surface area (Å²) in [5, 5.41) is 12.2. The van der Waals surface area contributed by atoms with Crippen LogP contribution in [0.15, 0.2) is 30.3 Å². The van der Waals surface area contributed by atoms with E-state index in [2.05, 4.69) is 5.32 Å². The van der Waals surface area contributed by atoms with E-state index in [9.17, 15) is 14.7 Å². The first-order valence-corrected chi connectivity index (χ1v) is 6.01. The van der Waals surface area contributed by atoms with Gasteiger partial charge in [-0.15, -0.1) is 0 Å². The Balaban J connectivity index is 2.82. The summed E-state index contributed by atoms with van der Waals surface area (Å²) in [6.07, 6.45) is -1.62. The van der Waals surface area contributed by atoms with E-state index in [-0.39, 0.29) is 0 Å². The van der Waals surface area contributed by atoms with E-state index in [4.69, 9.17) is 4.74 Å². The Hall–Kier alpha value is -1.88. The number of rotatable bonds is 4. The van der Waals surface area contributed by atoms with Gasteiger partial charge in [0, 0.05) is 0 Å². The summed E-state index contributed by atoms with van der Waals surface area (Å²) in [7, 11) is 0. The number of benzene rings is 1. The minimum Gasteiger partial charge on any atom is -0.444 e. The van der Waals surface area contributed by atoms with Gasteiger partial charge in [-0.1, -0.05) is 30.3 Å². The Morgan fingerprint density at radius 3 is 2.37 bits per heavy atom. The largest absolute Gasteiger partial charge is 0.444 e. The van der Waals surface area contributed by atoms with E-state index < -0.39 is 23.8 Å². The first kappa shape index (κ1) is 15.2. The van der Waals surface area contributed by atoms with Gasteiger partial charge in [0.2, 0.25) is 0 Å². The average molecular weight is 265 g/mol. The summed E-state index contributed by atoms with van der Waals surface area (Å²) in [6.45, 7) is 5.21. The van der Waals surface area contributed by atoms with Crippen LogP contribution in [-0.2, 0) is 9.53 Å². The third-order valence-corrected chi connectivity index (χ3v) is 2.31. The summed E-state index contributed by atoms with van der Waals surface area (Å²) >= 11 is 0. The van der Waals surface area contributed by atoms with E-state index in [1.165, 1.54) is 0 Å². The van der Waals surface area contributed by atoms with Gasteiger partial charge < -0.3 is 20.0 Å². The van der Waals surface area contributed by atoms with Crippen LogP contribution in [0.5, 0.6) is 0 Å². The summed E-state index contributed by atoms with van der Waals surface area (Å²) in [5.74, 6) is 0. The predicted molar refractivity (Wildman–Crippen MR) is 70.6 cm³/mol. The second kappa shape index (κ2) is 6.33. The number of alkyl carbamates (subject to hydrolysis) is 1. The number of amides is 1. The van der Waals surface area contributed by atoms with Crippen molar-refractivity contribution in [1.29, 1.82) is 0 Å². The summed E-state index contributed by atoms with van der Waals surface area (Å²) < 4.78 is 5.11. The Labute approximate surface area is 112 Å². The van der Waals surface area contributed by atoms with E-state index in [0.29, 0.717) is 11.8 Å². The summed E-state index contributed by atoms with van der Waals surface area (Å²) in [5.41, 5.74) is -0.00905. The molecule has 0 aliphatic carbocycles. The first-order chi connectivity index (χ1) is 8.83. The number of aliphatic hydroxyl groups excluding tert-OH is 1. The van der Waals surface area contributed by atoms with E-state index in [1.54, 1.807) is 51.1 Å². The van der Waals surface area contributed by atoms with Crippen LogP contribution in [0.3, 0.4) is 0 Å². The van der Waals surface area contributed by atoms with Crippen LogP contribution in [0.4, 0.5) is 4.79 Å². The van der Waals surface area contributed by atoms with Crippen LogP contribution in [0.25, 0.3) is 0 Å². The molecule has 1 unspecified atom stereocenters. The SMILES string of the molecule is CC(C)(C)OC(=O)NC(c1ccccc1)[C@H](O)C=O. The number of aliphatic hydroxyl groups is 1. The van der Waals surface area contributed by atoms with Gasteiger partial charge in [-0.2, -0.15) is 0 Å². The summed E-state index contributed by atoms with van der Waals surface area (Å²) in [4.78, 5) is 22.4. The highest BCUT2D eigenvalue weighted by Crippen LogP contribution is 2.17. The fraction of sp³-hybridized carbons (Fsp3) is 0.429. The molecule has 1 amide bonds. The second-order valence-corrected chi connectivity index (χ2v) is 5.16. The van der Waals surface area contributed by atoms with Crippen molar-refractivity contribution in [1.82, 2.24) is 5.32 Å². The van der Waals surface area contributed by atoms with Gasteiger partial charge in [0.1, 0.15) is 11.7 Å². The topological polar surface area (TPSA) is 75.6 Å². The molecule has 0 saturated heterocycles. The minimum absolute atomic E-state index is 0.384. The zero-order chi connectivity index (χ0) is 14.5. The van der Waals surface area contributed by atoms with Gasteiger partial charge in [-0.25, -0.2) is 4.79 Å². The van der Waals surface area contributed by atoms with E-state index >= 15 is 0 Å². The lowest BCUT2D eigenvalue weighted by Gasteiger charge is -2.25. The molecular formula is C14H19NO4. The van der Waals surface area contributed by atoms with Crippen LogP contribution in [0.1, 0.15) is 32.4 Å². The number of carbonyl (C=O) groups excluding carboxylic acids is 2. The zero-order valence-corrected chi connectivity index (χ0v) is 11.3. The maximum Gasteiger partial charge on any atom is 0.408 e. The van der Waals surface area contributed by atoms with Gasteiger partial charge in [0.05, 0.1) is 6.04 Å². The van der Waals surface area contributed by atoms with Crippen molar-refractivity contribution in [2.75, 3.05) is 0 Å². The molecule has 0 bridgehead atoms. The molecule has 1 aromatic rings. The Morgan fingerprint density at radius 2 is 1.89 bits per heavy atom. The Bertz CT molecular complexity index is 425. The van der Waals surface area contributed by atoms with E-state index in [0.717, 1.165) is 0 Å². The predicted octanol–water partition coefficient (Wildman–Crippen LogP) is 1.81. The maximum atomic E-state index is 11.7. The molecule has 104 valence electrons. The highest BCUT2D eigenvalue weighted by atomic mass is 16.6. The molecule has 1 rings (SSSR count). The smallest absolute Gasteiger partial charge is 0.408 e. The van der Waals surface area contributed by atoms with Crippen LogP contribution in [0.2, 0.25) is 0 Å². The standard InChI is InChI=1S/C14H19NO4/c1-14(2,3)19-13(18)15-12(11(17)9-16)10-7-5-4-6-8-10/h4-9,11-12,17H,1-3H3,(H,15,18)/t11-,12?/m1/s1. The molecule has 0 fully saturated rings. The molecule has 0 aliphatic heterocycles. The number of ether oxygens (including phenoxy) is 1. The van der Waals surface area contributed by atoms with Crippen molar-refractivity contribution >= 4 is 12.4 Å². The molecule has 2 atom stereocenters. The van der Waals surface area contributed by atoms with Crippen molar-refractivity contribution in [3.63, 3.8) is 0 Å². The van der Waals surface area contributed by atoms with Crippen LogP contribution >= 0.6 is 0 Å². The third-order valence-electron chi connectivity index (χ3n) is 2.31. The van der Waals surface area contributed by atoms with Gasteiger partial charge in [-0.05, 0) is 26.3 Å². The molecule has 2 N–H and O–H groups in total. The van der Waals surface area contributed by atoms with Gasteiger partial charge in [-0.3, -0.25) is 0 Å². The molecule has 0 saturated carbocycles. The number of carbonyl (C=O) groups is 2. The van der Waals surface area contributed by atoms with Crippen LogP contribution in [-0.4, -0.2) is 29.2 Å². The normalized spacial score (nSPS) is 14.3. The first-order valence-electron chi connectivity index (χ1n) is 6.01. The number of hydrogen-bond acceptors (Lipinski definition) is 4. The van der Waals surface area contributed by atoms with Gasteiger partial charge >= 0.3 is 6.09 Å². The Kier molecular flexibility index (Phi) is 5.06. The molecule has 5 heteroatoms. The maximum absolute atomic E-state index is 11.7. The highest BCUT2D eigenvalue weighted by molar-refractivity contribution is 5.70. The van der Waals surface area contributed by atoms with Gasteiger partial charge in [0.25, 0.3) is 0 Å². The molecule has 0 aromatic heterocycles. The molecular weight excluding hydrogens is 246 g/mol. The lowest BCUT2D eigenvalue weighted by Crippen LogP contribution is -2.40. The lowest BCUT2D eigenvalue weighted by molar-refractivity contribution is -0.116. The molecule has 0 heterocycles. The number of nitrogens with one attached hydrogen (secondary N) is 1. The summed E-state index contributed by atoms with van der Waals surface area (Å²) in [6, 6.07) is 7.94. The van der Waals surface area contributed by atoms with Crippen molar-refractivity contribution < 1.29 is 19.4 Å². The zero-order valence-electron chi connectivity index (χ0n) is 11.3. The second-order valence-electron chi connectivity index (χ2n) is 5.16. The van der Waals surface area contributed by atoms with Crippen molar-refractivity contribution in [3.05, 3.63) is 35.9 Å². The highest BCUT2D eigenvalue weighted by Gasteiger charge is 2.25.